The molecule has 0 bridgehead atoms. The molecule has 0 unspecified atom stereocenters. The summed E-state index contributed by atoms with van der Waals surface area (Å²) < 4.78 is 5.85. The van der Waals surface area contributed by atoms with Crippen molar-refractivity contribution in [3.63, 3.8) is 0 Å². The number of ether oxygens (including phenoxy) is 1. The van der Waals surface area contributed by atoms with Gasteiger partial charge in [0.1, 0.15) is 12.4 Å². The van der Waals surface area contributed by atoms with Crippen LogP contribution in [0, 0.1) is 11.3 Å². The fourth-order valence-corrected chi connectivity index (χ4v) is 3.75. The molecule has 3 aromatic carbocycles. The van der Waals surface area contributed by atoms with E-state index in [-0.39, 0.29) is 6.03 Å². The van der Waals surface area contributed by atoms with Crippen molar-refractivity contribution in [2.75, 3.05) is 17.6 Å². The number of hydrogen-bond donors (Lipinski definition) is 2. The molecule has 3 rings (SSSR count). The van der Waals surface area contributed by atoms with Crippen molar-refractivity contribution < 1.29 is 9.53 Å². The number of carbonyl (C=O) groups is 1. The zero-order valence-electron chi connectivity index (χ0n) is 17.2. The molecule has 2 amide bonds. The number of rotatable bonds is 10. The zero-order valence-corrected chi connectivity index (χ0v) is 18.0. The lowest BCUT2D eigenvalue weighted by molar-refractivity contribution is 0.252. The van der Waals surface area contributed by atoms with Gasteiger partial charge in [-0.05, 0) is 48.1 Å². The summed E-state index contributed by atoms with van der Waals surface area (Å²) in [5, 5.41) is 14.6. The third kappa shape index (κ3) is 7.72. The third-order valence-corrected chi connectivity index (χ3v) is 5.58. The van der Waals surface area contributed by atoms with E-state index in [9.17, 15) is 4.79 Å². The summed E-state index contributed by atoms with van der Waals surface area (Å²) in [7, 11) is 0. The number of hydrogen-bond acceptors (Lipinski definition) is 4. The maximum Gasteiger partial charge on any atom is 0.319 e. The van der Waals surface area contributed by atoms with E-state index in [0.29, 0.717) is 19.6 Å². The summed E-state index contributed by atoms with van der Waals surface area (Å²) in [4.78, 5) is 13.5. The van der Waals surface area contributed by atoms with Gasteiger partial charge in [-0.15, -0.1) is 11.8 Å². The van der Waals surface area contributed by atoms with Crippen molar-refractivity contribution in [2.24, 2.45) is 0 Å². The molecule has 0 aliphatic heterocycles. The molecule has 5 nitrogen and oxygen atoms in total. The van der Waals surface area contributed by atoms with Crippen LogP contribution in [-0.2, 0) is 13.0 Å². The Morgan fingerprint density at radius 3 is 2.48 bits per heavy atom. The fraction of sp³-hybridized carbons (Fsp3) is 0.200. The molecule has 0 aromatic heterocycles. The summed E-state index contributed by atoms with van der Waals surface area (Å²) in [6, 6.07) is 27.2. The van der Waals surface area contributed by atoms with Gasteiger partial charge in [0.25, 0.3) is 0 Å². The second-order valence-electron chi connectivity index (χ2n) is 6.82. The van der Waals surface area contributed by atoms with Gasteiger partial charge in [0, 0.05) is 22.7 Å². The number of amides is 2. The van der Waals surface area contributed by atoms with Crippen LogP contribution in [0.3, 0.4) is 0 Å². The van der Waals surface area contributed by atoms with Crippen LogP contribution < -0.4 is 15.4 Å². The number of urea groups is 1. The Balaban J connectivity index is 1.42. The maximum absolute atomic E-state index is 12.3. The van der Waals surface area contributed by atoms with Crippen LogP contribution in [0.5, 0.6) is 5.75 Å². The van der Waals surface area contributed by atoms with Crippen LogP contribution in [0.15, 0.2) is 83.8 Å². The van der Waals surface area contributed by atoms with E-state index in [4.69, 9.17) is 10.00 Å². The van der Waals surface area contributed by atoms with Gasteiger partial charge in [-0.2, -0.15) is 5.26 Å². The Morgan fingerprint density at radius 1 is 0.968 bits per heavy atom. The molecule has 0 atom stereocenters. The molecule has 0 aliphatic rings. The normalized spacial score (nSPS) is 10.2. The van der Waals surface area contributed by atoms with Crippen LogP contribution in [0.1, 0.15) is 17.5 Å². The van der Waals surface area contributed by atoms with Crippen LogP contribution in [0.2, 0.25) is 0 Å². The number of thioether (sulfide) groups is 1. The van der Waals surface area contributed by atoms with Gasteiger partial charge in [0.15, 0.2) is 0 Å². The largest absolute Gasteiger partial charge is 0.489 e. The highest BCUT2D eigenvalue weighted by Gasteiger charge is 2.07. The molecule has 2 N–H and O–H groups in total. The SMILES string of the molecule is N#CCc1ccc(OCc2ccccc2NC(=O)NCCCSc2ccccc2)cc1. The molecule has 0 spiro atoms. The minimum atomic E-state index is -0.224. The quantitative estimate of drug-likeness (QED) is 0.322. The average molecular weight is 432 g/mol. The first-order valence-corrected chi connectivity index (χ1v) is 11.1. The number of anilines is 1. The highest BCUT2D eigenvalue weighted by atomic mass is 32.2. The Labute approximate surface area is 187 Å². The van der Waals surface area contributed by atoms with Gasteiger partial charge in [-0.1, -0.05) is 48.5 Å². The fourth-order valence-electron chi connectivity index (χ4n) is 2.87. The van der Waals surface area contributed by atoms with Gasteiger partial charge in [0.2, 0.25) is 0 Å². The first-order chi connectivity index (χ1) is 15.2. The average Bonchev–Trinajstić information content (AvgIpc) is 2.80. The summed E-state index contributed by atoms with van der Waals surface area (Å²) in [6.07, 6.45) is 1.27. The number of nitriles is 1. The monoisotopic (exact) mass is 431 g/mol. The summed E-state index contributed by atoms with van der Waals surface area (Å²) in [5.41, 5.74) is 2.56. The third-order valence-electron chi connectivity index (χ3n) is 4.49. The van der Waals surface area contributed by atoms with Crippen molar-refractivity contribution in [1.29, 1.82) is 5.26 Å². The summed E-state index contributed by atoms with van der Waals surface area (Å²) in [5.74, 6) is 1.67. The van der Waals surface area contributed by atoms with Crippen molar-refractivity contribution in [3.8, 4) is 11.8 Å². The van der Waals surface area contributed by atoms with Gasteiger partial charge in [-0.25, -0.2) is 4.79 Å². The molecule has 0 saturated heterocycles. The van der Waals surface area contributed by atoms with Crippen molar-refractivity contribution in [3.05, 3.63) is 90.0 Å². The minimum absolute atomic E-state index is 0.224. The van der Waals surface area contributed by atoms with Crippen LogP contribution in [-0.4, -0.2) is 18.3 Å². The topological polar surface area (TPSA) is 74.1 Å². The maximum atomic E-state index is 12.3. The standard InChI is InChI=1S/C25H25N3O2S/c26-16-15-20-11-13-22(14-12-20)30-19-21-7-4-5-10-24(21)28-25(29)27-17-6-18-31-23-8-2-1-3-9-23/h1-5,7-14H,6,15,17-19H2,(H2,27,28,29). The smallest absolute Gasteiger partial charge is 0.319 e. The number of carbonyl (C=O) groups excluding carboxylic acids is 1. The predicted molar refractivity (Wildman–Crippen MR) is 125 cm³/mol. The second kappa shape index (κ2) is 12.3. The lowest BCUT2D eigenvalue weighted by Gasteiger charge is -2.13. The van der Waals surface area contributed by atoms with Crippen LogP contribution >= 0.6 is 11.8 Å². The van der Waals surface area contributed by atoms with Crippen molar-refractivity contribution in [1.82, 2.24) is 5.32 Å². The first-order valence-electron chi connectivity index (χ1n) is 10.1. The van der Waals surface area contributed by atoms with E-state index in [0.717, 1.165) is 34.7 Å². The Morgan fingerprint density at radius 2 is 1.71 bits per heavy atom. The molecule has 3 aromatic rings. The number of nitrogens with one attached hydrogen (secondary N) is 2. The Bertz CT molecular complexity index is 1000. The molecule has 0 saturated carbocycles. The van der Waals surface area contributed by atoms with E-state index < -0.39 is 0 Å². The zero-order chi connectivity index (χ0) is 21.7. The molecular formula is C25H25N3O2S. The van der Waals surface area contributed by atoms with Gasteiger partial charge in [0.05, 0.1) is 12.5 Å². The van der Waals surface area contributed by atoms with E-state index in [1.54, 1.807) is 11.8 Å². The molecule has 0 fully saturated rings. The van der Waals surface area contributed by atoms with Crippen LogP contribution in [0.25, 0.3) is 0 Å². The Hall–Kier alpha value is -3.43. The summed E-state index contributed by atoms with van der Waals surface area (Å²) in [6.45, 7) is 0.946. The molecular weight excluding hydrogens is 406 g/mol. The summed E-state index contributed by atoms with van der Waals surface area (Å²) >= 11 is 1.78. The number of para-hydroxylation sites is 1. The minimum Gasteiger partial charge on any atom is -0.489 e. The first kappa shape index (κ1) is 22.3. The molecule has 0 heterocycles. The van der Waals surface area contributed by atoms with Gasteiger partial charge >= 0.3 is 6.03 Å². The number of nitrogens with zero attached hydrogens (tertiary/aromatic N) is 1. The molecule has 31 heavy (non-hydrogen) atoms. The van der Waals surface area contributed by atoms with E-state index in [2.05, 4.69) is 28.8 Å². The molecule has 6 heteroatoms. The molecule has 158 valence electrons. The lowest BCUT2D eigenvalue weighted by Crippen LogP contribution is -2.30. The van der Waals surface area contributed by atoms with Crippen molar-refractivity contribution in [2.45, 2.75) is 24.3 Å². The van der Waals surface area contributed by atoms with E-state index in [1.807, 2.05) is 66.7 Å². The van der Waals surface area contributed by atoms with Gasteiger partial charge in [-0.3, -0.25) is 0 Å². The highest BCUT2D eigenvalue weighted by Crippen LogP contribution is 2.20. The van der Waals surface area contributed by atoms with E-state index in [1.165, 1.54) is 4.90 Å². The van der Waals surface area contributed by atoms with Crippen molar-refractivity contribution >= 4 is 23.5 Å². The predicted octanol–water partition coefficient (Wildman–Crippen LogP) is 5.64. The highest BCUT2D eigenvalue weighted by molar-refractivity contribution is 7.99. The lowest BCUT2D eigenvalue weighted by atomic mass is 10.1. The molecule has 0 aliphatic carbocycles. The second-order valence-corrected chi connectivity index (χ2v) is 7.99. The molecule has 0 radical (unpaired) electrons. The van der Waals surface area contributed by atoms with Crippen LogP contribution in [0.4, 0.5) is 10.5 Å². The van der Waals surface area contributed by atoms with E-state index >= 15 is 0 Å². The Kier molecular flexibility index (Phi) is 8.84. The van der Waals surface area contributed by atoms with Gasteiger partial charge < -0.3 is 15.4 Å². The number of benzene rings is 3.